The number of likely N-dealkylation sites (N-methyl/N-ethyl adjacent to an activating group) is 1. The van der Waals surface area contributed by atoms with Crippen LogP contribution in [0.2, 0.25) is 0 Å². The fourth-order valence-electron chi connectivity index (χ4n) is 1.90. The summed E-state index contributed by atoms with van der Waals surface area (Å²) in [6.07, 6.45) is -0.815. The molecule has 2 aliphatic heterocycles. The fourth-order valence-corrected chi connectivity index (χ4v) is 3.74. The highest BCUT2D eigenvalue weighted by atomic mass is 32.2. The molecule has 13 heavy (non-hydrogen) atoms. The molecule has 0 radical (unpaired) electrons. The molecule has 5 nitrogen and oxygen atoms in total. The standard InChI is InChI=1S/C7H11NO4S/c1-2-8-5-3-13(10,11)4-6(5)12-7(8)9/h5-6H,2-4H2,1H3/t5-,6-/m0/s1. The second-order valence-corrected chi connectivity index (χ2v) is 5.51. The molecule has 0 aromatic rings. The van der Waals surface area contributed by atoms with Crippen molar-refractivity contribution in [1.29, 1.82) is 0 Å². The molecule has 2 rings (SSSR count). The van der Waals surface area contributed by atoms with E-state index in [1.165, 1.54) is 4.90 Å². The van der Waals surface area contributed by atoms with E-state index < -0.39 is 15.9 Å². The smallest absolute Gasteiger partial charge is 0.410 e. The molecule has 2 saturated heterocycles. The van der Waals surface area contributed by atoms with Crippen molar-refractivity contribution in [2.24, 2.45) is 0 Å². The van der Waals surface area contributed by atoms with Gasteiger partial charge in [0.15, 0.2) is 9.84 Å². The molecular weight excluding hydrogens is 194 g/mol. The predicted octanol–water partition coefficient (Wildman–Crippen LogP) is -0.376. The average Bonchev–Trinajstić information content (AvgIpc) is 2.39. The van der Waals surface area contributed by atoms with Gasteiger partial charge >= 0.3 is 6.09 Å². The molecule has 0 bridgehead atoms. The quantitative estimate of drug-likeness (QED) is 0.585. The molecular formula is C7H11NO4S. The number of rotatable bonds is 1. The third-order valence-corrected chi connectivity index (χ3v) is 4.19. The lowest BCUT2D eigenvalue weighted by molar-refractivity contribution is 0.139. The SMILES string of the molecule is CCN1C(=O)O[C@H]2CS(=O)(=O)C[C@@H]21. The summed E-state index contributed by atoms with van der Waals surface area (Å²) in [5.74, 6) is 0.0388. The van der Waals surface area contributed by atoms with E-state index in [0.29, 0.717) is 6.54 Å². The van der Waals surface area contributed by atoms with E-state index in [4.69, 9.17) is 4.74 Å². The van der Waals surface area contributed by atoms with Gasteiger partial charge in [0.2, 0.25) is 0 Å². The number of carbonyl (C=O) groups is 1. The van der Waals surface area contributed by atoms with Gasteiger partial charge in [-0.05, 0) is 6.92 Å². The van der Waals surface area contributed by atoms with Gasteiger partial charge in [0.25, 0.3) is 0 Å². The first-order valence-electron chi connectivity index (χ1n) is 4.21. The van der Waals surface area contributed by atoms with E-state index in [0.717, 1.165) is 0 Å². The Morgan fingerprint density at radius 3 is 2.85 bits per heavy atom. The number of sulfone groups is 1. The number of hydrogen-bond acceptors (Lipinski definition) is 4. The minimum Gasteiger partial charge on any atom is -0.443 e. The molecule has 0 aromatic heterocycles. The van der Waals surface area contributed by atoms with Crippen molar-refractivity contribution in [3.05, 3.63) is 0 Å². The molecule has 1 amide bonds. The Labute approximate surface area is 76.6 Å². The van der Waals surface area contributed by atoms with Crippen molar-refractivity contribution in [2.75, 3.05) is 18.1 Å². The Kier molecular flexibility index (Phi) is 1.76. The van der Waals surface area contributed by atoms with E-state index in [1.54, 1.807) is 0 Å². The molecule has 0 spiro atoms. The fraction of sp³-hybridized carbons (Fsp3) is 0.857. The lowest BCUT2D eigenvalue weighted by atomic mass is 10.2. The summed E-state index contributed by atoms with van der Waals surface area (Å²) in [6, 6.07) is -0.248. The van der Waals surface area contributed by atoms with E-state index in [-0.39, 0.29) is 23.6 Å². The average molecular weight is 205 g/mol. The summed E-state index contributed by atoms with van der Waals surface area (Å²) >= 11 is 0. The maximum absolute atomic E-state index is 11.2. The third kappa shape index (κ3) is 1.29. The zero-order chi connectivity index (χ0) is 9.64. The second kappa shape index (κ2) is 2.60. The molecule has 0 aromatic carbocycles. The summed E-state index contributed by atoms with van der Waals surface area (Å²) in [6.45, 7) is 2.32. The molecule has 2 atom stereocenters. The number of fused-ring (bicyclic) bond motifs is 1. The largest absolute Gasteiger partial charge is 0.443 e. The van der Waals surface area contributed by atoms with E-state index in [2.05, 4.69) is 0 Å². The van der Waals surface area contributed by atoms with Crippen molar-refractivity contribution in [1.82, 2.24) is 4.90 Å². The third-order valence-electron chi connectivity index (χ3n) is 2.50. The Bertz CT molecular complexity index is 336. The first-order valence-corrected chi connectivity index (χ1v) is 6.03. The highest BCUT2D eigenvalue weighted by molar-refractivity contribution is 7.91. The van der Waals surface area contributed by atoms with Crippen LogP contribution < -0.4 is 0 Å². The van der Waals surface area contributed by atoms with Gasteiger partial charge in [-0.2, -0.15) is 0 Å². The van der Waals surface area contributed by atoms with Crippen molar-refractivity contribution in [3.8, 4) is 0 Å². The first-order chi connectivity index (χ1) is 6.03. The number of ether oxygens (including phenoxy) is 1. The Morgan fingerprint density at radius 2 is 2.23 bits per heavy atom. The van der Waals surface area contributed by atoms with Gasteiger partial charge in [0.1, 0.15) is 6.10 Å². The molecule has 74 valence electrons. The van der Waals surface area contributed by atoms with Gasteiger partial charge < -0.3 is 9.64 Å². The highest BCUT2D eigenvalue weighted by Gasteiger charge is 2.50. The van der Waals surface area contributed by atoms with E-state index >= 15 is 0 Å². The van der Waals surface area contributed by atoms with Crippen LogP contribution in [-0.2, 0) is 14.6 Å². The van der Waals surface area contributed by atoms with Crippen LogP contribution in [0.1, 0.15) is 6.92 Å². The monoisotopic (exact) mass is 205 g/mol. The molecule has 0 saturated carbocycles. The van der Waals surface area contributed by atoms with Crippen LogP contribution in [0.4, 0.5) is 4.79 Å². The molecule has 2 fully saturated rings. The van der Waals surface area contributed by atoms with Crippen LogP contribution in [0.5, 0.6) is 0 Å². The first kappa shape index (κ1) is 8.80. The van der Waals surface area contributed by atoms with Gasteiger partial charge in [-0.1, -0.05) is 0 Å². The van der Waals surface area contributed by atoms with E-state index in [9.17, 15) is 13.2 Å². The molecule has 2 aliphatic rings. The van der Waals surface area contributed by atoms with Crippen LogP contribution in [0.3, 0.4) is 0 Å². The minimum absolute atomic E-state index is 0.0140. The van der Waals surface area contributed by atoms with Gasteiger partial charge in [-0.25, -0.2) is 13.2 Å². The number of hydrogen-bond donors (Lipinski definition) is 0. The second-order valence-electron chi connectivity index (χ2n) is 3.35. The van der Waals surface area contributed by atoms with Crippen molar-refractivity contribution >= 4 is 15.9 Å². The summed E-state index contributed by atoms with van der Waals surface area (Å²) in [5.41, 5.74) is 0. The lowest BCUT2D eigenvalue weighted by Gasteiger charge is -2.16. The zero-order valence-corrected chi connectivity index (χ0v) is 8.08. The summed E-state index contributed by atoms with van der Waals surface area (Å²) in [5, 5.41) is 0. The Balaban J connectivity index is 2.24. The van der Waals surface area contributed by atoms with Crippen LogP contribution in [0.25, 0.3) is 0 Å². The summed E-state index contributed by atoms with van der Waals surface area (Å²) < 4.78 is 27.3. The van der Waals surface area contributed by atoms with Crippen molar-refractivity contribution < 1.29 is 17.9 Å². The summed E-state index contributed by atoms with van der Waals surface area (Å²) in [4.78, 5) is 12.6. The molecule has 0 N–H and O–H groups in total. The molecule has 2 heterocycles. The molecule has 0 unspecified atom stereocenters. The molecule has 6 heteroatoms. The van der Waals surface area contributed by atoms with Gasteiger partial charge in [-0.3, -0.25) is 0 Å². The minimum atomic E-state index is -2.99. The number of carbonyl (C=O) groups excluding carboxylic acids is 1. The number of amides is 1. The topological polar surface area (TPSA) is 63.7 Å². The summed E-state index contributed by atoms with van der Waals surface area (Å²) in [7, 11) is -2.99. The van der Waals surface area contributed by atoms with Crippen molar-refractivity contribution in [2.45, 2.75) is 19.1 Å². The highest BCUT2D eigenvalue weighted by Crippen LogP contribution is 2.27. The van der Waals surface area contributed by atoms with Crippen LogP contribution in [-0.4, -0.2) is 49.6 Å². The van der Waals surface area contributed by atoms with E-state index in [1.807, 2.05) is 6.92 Å². The van der Waals surface area contributed by atoms with Gasteiger partial charge in [0.05, 0.1) is 17.5 Å². The maximum atomic E-state index is 11.2. The predicted molar refractivity (Wildman–Crippen MR) is 45.1 cm³/mol. The lowest BCUT2D eigenvalue weighted by Crippen LogP contribution is -2.36. The van der Waals surface area contributed by atoms with Crippen LogP contribution in [0, 0.1) is 0 Å². The zero-order valence-electron chi connectivity index (χ0n) is 7.26. The van der Waals surface area contributed by atoms with Crippen LogP contribution >= 0.6 is 0 Å². The van der Waals surface area contributed by atoms with Gasteiger partial charge in [0, 0.05) is 6.54 Å². The Hall–Kier alpha value is -0.780. The number of nitrogens with zero attached hydrogens (tertiary/aromatic N) is 1. The van der Waals surface area contributed by atoms with Crippen molar-refractivity contribution in [3.63, 3.8) is 0 Å². The Morgan fingerprint density at radius 1 is 1.54 bits per heavy atom. The van der Waals surface area contributed by atoms with Gasteiger partial charge in [-0.15, -0.1) is 0 Å². The maximum Gasteiger partial charge on any atom is 0.410 e. The molecule has 0 aliphatic carbocycles. The normalized spacial score (nSPS) is 36.1. The van der Waals surface area contributed by atoms with Crippen LogP contribution in [0.15, 0.2) is 0 Å².